The molecule has 0 unspecified atom stereocenters. The number of nitrogens with one attached hydrogen (secondary N) is 2. The Balaban J connectivity index is 1.63. The van der Waals surface area contributed by atoms with Crippen molar-refractivity contribution in [2.24, 2.45) is 0 Å². The molecule has 144 valence electrons. The lowest BCUT2D eigenvalue weighted by Crippen LogP contribution is -2.28. The van der Waals surface area contributed by atoms with Gasteiger partial charge in [-0.15, -0.1) is 0 Å². The Hall–Kier alpha value is -2.97. The normalized spacial score (nSPS) is 10.4. The maximum atomic E-state index is 11.8. The van der Waals surface area contributed by atoms with Gasteiger partial charge in [0.15, 0.2) is 5.11 Å². The van der Waals surface area contributed by atoms with Crippen molar-refractivity contribution >= 4 is 40.6 Å². The van der Waals surface area contributed by atoms with Crippen LogP contribution in [0.15, 0.2) is 47.0 Å². The number of aromatic nitrogens is 2. The van der Waals surface area contributed by atoms with Crippen LogP contribution in [-0.2, 0) is 11.3 Å². The Morgan fingerprint density at radius 1 is 1.25 bits per heavy atom. The number of halogens is 1. The fourth-order valence-corrected chi connectivity index (χ4v) is 2.91. The van der Waals surface area contributed by atoms with Crippen LogP contribution in [0.5, 0.6) is 0 Å². The molecule has 0 amide bonds. The molecule has 0 atom stereocenters. The summed E-state index contributed by atoms with van der Waals surface area (Å²) in [7, 11) is 1.34. The predicted molar refractivity (Wildman–Crippen MR) is 110 cm³/mol. The Bertz CT molecular complexity index is 1020. The third-order valence-electron chi connectivity index (χ3n) is 3.97. The number of rotatable bonds is 5. The van der Waals surface area contributed by atoms with E-state index >= 15 is 0 Å². The number of benzene rings is 2. The summed E-state index contributed by atoms with van der Waals surface area (Å²) in [6, 6.07) is 12.5. The zero-order valence-electron chi connectivity index (χ0n) is 15.2. The van der Waals surface area contributed by atoms with E-state index < -0.39 is 5.97 Å². The average Bonchev–Trinajstić information content (AvgIpc) is 3.16. The SMILES string of the molecule is COC(=O)c1cccc(NC(=S)NCc2nc(-c3ccccc3Cl)no2)c1C. The summed E-state index contributed by atoms with van der Waals surface area (Å²) in [6.07, 6.45) is 0. The van der Waals surface area contributed by atoms with Crippen molar-refractivity contribution in [3.05, 3.63) is 64.5 Å². The first-order chi connectivity index (χ1) is 13.5. The first kappa shape index (κ1) is 19.8. The molecule has 1 heterocycles. The van der Waals surface area contributed by atoms with Crippen LogP contribution in [0.2, 0.25) is 5.02 Å². The van der Waals surface area contributed by atoms with Crippen LogP contribution in [0.3, 0.4) is 0 Å². The lowest BCUT2D eigenvalue weighted by molar-refractivity contribution is 0.0600. The van der Waals surface area contributed by atoms with Crippen molar-refractivity contribution in [2.45, 2.75) is 13.5 Å². The molecule has 0 saturated carbocycles. The molecule has 0 bridgehead atoms. The summed E-state index contributed by atoms with van der Waals surface area (Å²) >= 11 is 11.4. The second-order valence-corrected chi connectivity index (χ2v) is 6.58. The molecule has 7 nitrogen and oxygen atoms in total. The van der Waals surface area contributed by atoms with Gasteiger partial charge in [-0.2, -0.15) is 4.98 Å². The molecule has 9 heteroatoms. The van der Waals surface area contributed by atoms with Gasteiger partial charge >= 0.3 is 5.97 Å². The van der Waals surface area contributed by atoms with Gasteiger partial charge < -0.3 is 19.9 Å². The van der Waals surface area contributed by atoms with E-state index in [1.165, 1.54) is 7.11 Å². The second kappa shape index (κ2) is 8.81. The van der Waals surface area contributed by atoms with Crippen molar-refractivity contribution in [1.82, 2.24) is 15.5 Å². The molecule has 0 aliphatic rings. The zero-order valence-corrected chi connectivity index (χ0v) is 16.7. The molecule has 0 saturated heterocycles. The summed E-state index contributed by atoms with van der Waals surface area (Å²) in [5, 5.41) is 10.9. The first-order valence-electron chi connectivity index (χ1n) is 8.30. The Labute approximate surface area is 172 Å². The number of carbonyl (C=O) groups excluding carboxylic acids is 1. The maximum absolute atomic E-state index is 11.8. The molecule has 3 aromatic rings. The van der Waals surface area contributed by atoms with Gasteiger partial charge in [0.1, 0.15) is 0 Å². The van der Waals surface area contributed by atoms with Crippen LogP contribution in [0.1, 0.15) is 21.8 Å². The van der Waals surface area contributed by atoms with E-state index in [1.807, 2.05) is 31.2 Å². The Morgan fingerprint density at radius 3 is 2.79 bits per heavy atom. The predicted octanol–water partition coefficient (Wildman–Crippen LogP) is 3.97. The molecular formula is C19H17ClN4O3S. The van der Waals surface area contributed by atoms with E-state index in [2.05, 4.69) is 20.8 Å². The van der Waals surface area contributed by atoms with Crippen LogP contribution < -0.4 is 10.6 Å². The molecule has 2 N–H and O–H groups in total. The van der Waals surface area contributed by atoms with E-state index in [4.69, 9.17) is 33.1 Å². The van der Waals surface area contributed by atoms with E-state index in [1.54, 1.807) is 18.2 Å². The smallest absolute Gasteiger partial charge is 0.338 e. The average molecular weight is 417 g/mol. The number of carbonyl (C=O) groups is 1. The minimum Gasteiger partial charge on any atom is -0.465 e. The molecule has 1 aromatic heterocycles. The number of anilines is 1. The highest BCUT2D eigenvalue weighted by Crippen LogP contribution is 2.25. The number of nitrogens with zero attached hydrogens (tertiary/aromatic N) is 2. The minimum atomic E-state index is -0.405. The Kier molecular flexibility index (Phi) is 6.23. The number of hydrogen-bond donors (Lipinski definition) is 2. The van der Waals surface area contributed by atoms with E-state index in [-0.39, 0.29) is 6.54 Å². The van der Waals surface area contributed by atoms with E-state index in [0.29, 0.717) is 38.7 Å². The van der Waals surface area contributed by atoms with Gasteiger partial charge in [-0.3, -0.25) is 0 Å². The molecule has 0 radical (unpaired) electrons. The number of methoxy groups -OCH3 is 1. The molecular weight excluding hydrogens is 400 g/mol. The lowest BCUT2D eigenvalue weighted by atomic mass is 10.1. The van der Waals surface area contributed by atoms with E-state index in [9.17, 15) is 4.79 Å². The minimum absolute atomic E-state index is 0.235. The number of ether oxygens (including phenoxy) is 1. The highest BCUT2D eigenvalue weighted by molar-refractivity contribution is 7.80. The standard InChI is InChI=1S/C19H17ClN4O3S/c1-11-12(18(25)26-2)7-5-9-15(11)22-19(28)21-10-16-23-17(24-27-16)13-6-3-4-8-14(13)20/h3-9H,10H2,1-2H3,(H2,21,22,28). The zero-order chi connectivity index (χ0) is 20.1. The van der Waals surface area contributed by atoms with Crippen molar-refractivity contribution in [1.29, 1.82) is 0 Å². The summed E-state index contributed by atoms with van der Waals surface area (Å²) in [4.78, 5) is 16.1. The van der Waals surface area contributed by atoms with Gasteiger partial charge in [-0.1, -0.05) is 35.0 Å². The fourth-order valence-electron chi connectivity index (χ4n) is 2.50. The molecule has 0 spiro atoms. The van der Waals surface area contributed by atoms with Crippen LogP contribution in [0, 0.1) is 6.92 Å². The van der Waals surface area contributed by atoms with E-state index in [0.717, 1.165) is 5.56 Å². The van der Waals surface area contributed by atoms with Gasteiger partial charge in [0.25, 0.3) is 0 Å². The van der Waals surface area contributed by atoms with Gasteiger partial charge in [0.2, 0.25) is 11.7 Å². The topological polar surface area (TPSA) is 89.3 Å². The van der Waals surface area contributed by atoms with Gasteiger partial charge in [-0.05, 0) is 49.0 Å². The van der Waals surface area contributed by atoms with Crippen LogP contribution >= 0.6 is 23.8 Å². The second-order valence-electron chi connectivity index (χ2n) is 5.77. The lowest BCUT2D eigenvalue weighted by Gasteiger charge is -2.13. The quantitative estimate of drug-likeness (QED) is 0.477. The van der Waals surface area contributed by atoms with Crippen molar-refractivity contribution < 1.29 is 14.1 Å². The summed E-state index contributed by atoms with van der Waals surface area (Å²) < 4.78 is 10.0. The molecule has 2 aromatic carbocycles. The summed E-state index contributed by atoms with van der Waals surface area (Å²) in [5.41, 5.74) is 2.59. The van der Waals surface area contributed by atoms with Crippen LogP contribution in [0.25, 0.3) is 11.4 Å². The van der Waals surface area contributed by atoms with Crippen molar-refractivity contribution in [2.75, 3.05) is 12.4 Å². The summed E-state index contributed by atoms with van der Waals surface area (Å²) in [5.74, 6) is 0.361. The third-order valence-corrected chi connectivity index (χ3v) is 4.55. The number of esters is 1. The van der Waals surface area contributed by atoms with Gasteiger partial charge in [0.05, 0.1) is 24.2 Å². The summed E-state index contributed by atoms with van der Waals surface area (Å²) in [6.45, 7) is 2.05. The number of thiocarbonyl (C=S) groups is 1. The Morgan fingerprint density at radius 2 is 2.04 bits per heavy atom. The van der Waals surface area contributed by atoms with Crippen molar-refractivity contribution in [3.63, 3.8) is 0 Å². The van der Waals surface area contributed by atoms with Crippen molar-refractivity contribution in [3.8, 4) is 11.4 Å². The van der Waals surface area contributed by atoms with Gasteiger partial charge in [-0.25, -0.2) is 4.79 Å². The molecule has 28 heavy (non-hydrogen) atoms. The highest BCUT2D eigenvalue weighted by Gasteiger charge is 2.14. The first-order valence-corrected chi connectivity index (χ1v) is 9.08. The van der Waals surface area contributed by atoms with Crippen LogP contribution in [0.4, 0.5) is 5.69 Å². The third kappa shape index (κ3) is 4.47. The van der Waals surface area contributed by atoms with Gasteiger partial charge in [0, 0.05) is 11.3 Å². The number of hydrogen-bond acceptors (Lipinski definition) is 6. The largest absolute Gasteiger partial charge is 0.465 e. The molecule has 0 aliphatic carbocycles. The maximum Gasteiger partial charge on any atom is 0.338 e. The van der Waals surface area contributed by atoms with Crippen LogP contribution in [-0.4, -0.2) is 28.3 Å². The molecule has 0 fully saturated rings. The fraction of sp³-hybridized carbons (Fsp3) is 0.158. The monoisotopic (exact) mass is 416 g/mol. The molecule has 3 rings (SSSR count). The molecule has 0 aliphatic heterocycles. The highest BCUT2D eigenvalue weighted by atomic mass is 35.5.